The van der Waals surface area contributed by atoms with Crippen molar-refractivity contribution < 1.29 is 14.3 Å². The molecule has 4 nitrogen and oxygen atoms in total. The highest BCUT2D eigenvalue weighted by atomic mass is 16.5. The third kappa shape index (κ3) is 5.24. The van der Waals surface area contributed by atoms with E-state index in [0.29, 0.717) is 6.61 Å². The maximum atomic E-state index is 11.3. The first-order valence-corrected chi connectivity index (χ1v) is 5.78. The summed E-state index contributed by atoms with van der Waals surface area (Å²) in [5, 5.41) is 2.99. The molecule has 0 heterocycles. The molecule has 0 unspecified atom stereocenters. The Kier molecular flexibility index (Phi) is 5.33. The van der Waals surface area contributed by atoms with E-state index < -0.39 is 0 Å². The fourth-order valence-corrected chi connectivity index (χ4v) is 1.34. The van der Waals surface area contributed by atoms with Crippen LogP contribution in [0.25, 0.3) is 0 Å². The van der Waals surface area contributed by atoms with Gasteiger partial charge >= 0.3 is 5.97 Å². The van der Waals surface area contributed by atoms with Crippen molar-refractivity contribution in [3.63, 3.8) is 0 Å². The van der Waals surface area contributed by atoms with Gasteiger partial charge in [-0.25, -0.2) is 0 Å². The minimum absolute atomic E-state index is 0.0842. The highest BCUT2D eigenvalue weighted by Crippen LogP contribution is 2.16. The molecule has 0 aliphatic carbocycles. The summed E-state index contributed by atoms with van der Waals surface area (Å²) in [5.74, 6) is 0.525. The van der Waals surface area contributed by atoms with E-state index in [2.05, 4.69) is 5.32 Å². The molecular formula is C13H19NO3. The van der Waals surface area contributed by atoms with Crippen molar-refractivity contribution in [1.82, 2.24) is 0 Å². The van der Waals surface area contributed by atoms with Gasteiger partial charge in [-0.15, -0.1) is 0 Å². The van der Waals surface area contributed by atoms with E-state index >= 15 is 0 Å². The summed E-state index contributed by atoms with van der Waals surface area (Å²) in [5.41, 5.74) is 0.844. The van der Waals surface area contributed by atoms with Crippen LogP contribution in [0.4, 0.5) is 5.69 Å². The molecule has 0 fully saturated rings. The van der Waals surface area contributed by atoms with Crippen LogP contribution in [0, 0.1) is 0 Å². The Bertz CT molecular complexity index is 363. The molecule has 17 heavy (non-hydrogen) atoms. The summed E-state index contributed by atoms with van der Waals surface area (Å²) in [6.07, 6.45) is -0.0842. The molecule has 0 aliphatic rings. The van der Waals surface area contributed by atoms with Gasteiger partial charge in [-0.2, -0.15) is 0 Å². The number of benzene rings is 1. The van der Waals surface area contributed by atoms with Gasteiger partial charge in [-0.1, -0.05) is 6.07 Å². The number of nitrogens with one attached hydrogen (secondary N) is 1. The zero-order chi connectivity index (χ0) is 12.7. The van der Waals surface area contributed by atoms with Gasteiger partial charge in [0.25, 0.3) is 0 Å². The lowest BCUT2D eigenvalue weighted by molar-refractivity contribution is -0.145. The standard InChI is InChI=1S/C13H19NO3/c1-4-16-12-7-5-6-11(8-12)14-9-13(15)17-10(2)3/h5-8,10,14H,4,9H2,1-3H3. The highest BCUT2D eigenvalue weighted by molar-refractivity contribution is 5.75. The van der Waals surface area contributed by atoms with Crippen LogP contribution in [0.3, 0.4) is 0 Å². The van der Waals surface area contributed by atoms with Crippen molar-refractivity contribution in [3.05, 3.63) is 24.3 Å². The molecule has 0 aromatic heterocycles. The van der Waals surface area contributed by atoms with Gasteiger partial charge in [0.15, 0.2) is 0 Å². The minimum Gasteiger partial charge on any atom is -0.494 e. The molecule has 0 atom stereocenters. The Morgan fingerprint density at radius 1 is 1.41 bits per heavy atom. The third-order valence-electron chi connectivity index (χ3n) is 1.95. The number of esters is 1. The first-order valence-electron chi connectivity index (χ1n) is 5.78. The Morgan fingerprint density at radius 2 is 2.18 bits per heavy atom. The number of anilines is 1. The normalized spacial score (nSPS) is 10.1. The summed E-state index contributed by atoms with van der Waals surface area (Å²) in [6, 6.07) is 7.49. The molecular weight excluding hydrogens is 218 g/mol. The summed E-state index contributed by atoms with van der Waals surface area (Å²) in [7, 11) is 0. The topological polar surface area (TPSA) is 47.6 Å². The van der Waals surface area contributed by atoms with Crippen LogP contribution in [0.1, 0.15) is 20.8 Å². The van der Waals surface area contributed by atoms with E-state index in [0.717, 1.165) is 11.4 Å². The van der Waals surface area contributed by atoms with Crippen LogP contribution in [0.5, 0.6) is 5.75 Å². The second kappa shape index (κ2) is 6.78. The number of ether oxygens (including phenoxy) is 2. The average molecular weight is 237 g/mol. The van der Waals surface area contributed by atoms with Crippen molar-refractivity contribution in [1.29, 1.82) is 0 Å². The molecule has 0 saturated heterocycles. The highest BCUT2D eigenvalue weighted by Gasteiger charge is 2.05. The van der Waals surface area contributed by atoms with E-state index in [-0.39, 0.29) is 18.6 Å². The Labute approximate surface area is 102 Å². The smallest absolute Gasteiger partial charge is 0.325 e. The largest absolute Gasteiger partial charge is 0.494 e. The Balaban J connectivity index is 2.45. The molecule has 4 heteroatoms. The molecule has 1 rings (SSSR count). The van der Waals surface area contributed by atoms with E-state index in [1.807, 2.05) is 45.0 Å². The molecule has 0 radical (unpaired) electrons. The Hall–Kier alpha value is -1.71. The van der Waals surface area contributed by atoms with Crippen molar-refractivity contribution in [2.45, 2.75) is 26.9 Å². The van der Waals surface area contributed by atoms with Crippen LogP contribution in [0.2, 0.25) is 0 Å². The zero-order valence-corrected chi connectivity index (χ0v) is 10.5. The number of rotatable bonds is 6. The number of hydrogen-bond donors (Lipinski definition) is 1. The molecule has 0 spiro atoms. The first kappa shape index (κ1) is 13.4. The van der Waals surface area contributed by atoms with E-state index in [9.17, 15) is 4.79 Å². The maximum absolute atomic E-state index is 11.3. The van der Waals surface area contributed by atoms with Gasteiger partial charge in [-0.3, -0.25) is 4.79 Å². The molecule has 0 bridgehead atoms. The van der Waals surface area contributed by atoms with Crippen molar-refractivity contribution in [3.8, 4) is 5.75 Å². The molecule has 1 aromatic carbocycles. The molecule has 0 amide bonds. The monoisotopic (exact) mass is 237 g/mol. The second-order valence-corrected chi connectivity index (χ2v) is 3.85. The molecule has 1 aromatic rings. The zero-order valence-electron chi connectivity index (χ0n) is 10.5. The maximum Gasteiger partial charge on any atom is 0.325 e. The van der Waals surface area contributed by atoms with Gasteiger partial charge in [0.1, 0.15) is 12.3 Å². The number of carbonyl (C=O) groups excluding carboxylic acids is 1. The Morgan fingerprint density at radius 3 is 2.82 bits per heavy atom. The lowest BCUT2D eigenvalue weighted by atomic mass is 10.3. The van der Waals surface area contributed by atoms with Crippen LogP contribution in [-0.2, 0) is 9.53 Å². The summed E-state index contributed by atoms with van der Waals surface area (Å²) in [4.78, 5) is 11.3. The first-order chi connectivity index (χ1) is 8.11. The number of hydrogen-bond acceptors (Lipinski definition) is 4. The van der Waals surface area contributed by atoms with E-state index in [4.69, 9.17) is 9.47 Å². The average Bonchev–Trinajstić information content (AvgIpc) is 2.26. The lowest BCUT2D eigenvalue weighted by Crippen LogP contribution is -2.20. The SMILES string of the molecule is CCOc1cccc(NCC(=O)OC(C)C)c1. The van der Waals surface area contributed by atoms with Crippen LogP contribution >= 0.6 is 0 Å². The quantitative estimate of drug-likeness (QED) is 0.772. The molecule has 0 aliphatic heterocycles. The fraction of sp³-hybridized carbons (Fsp3) is 0.462. The summed E-state index contributed by atoms with van der Waals surface area (Å²) >= 11 is 0. The third-order valence-corrected chi connectivity index (χ3v) is 1.95. The van der Waals surface area contributed by atoms with Gasteiger partial charge in [0, 0.05) is 11.8 Å². The minimum atomic E-state index is -0.262. The van der Waals surface area contributed by atoms with Gasteiger partial charge in [0.05, 0.1) is 12.7 Å². The molecule has 1 N–H and O–H groups in total. The van der Waals surface area contributed by atoms with Crippen LogP contribution < -0.4 is 10.1 Å². The molecule has 0 saturated carbocycles. The van der Waals surface area contributed by atoms with E-state index in [1.54, 1.807) is 0 Å². The fourth-order valence-electron chi connectivity index (χ4n) is 1.34. The predicted molar refractivity (Wildman–Crippen MR) is 67.3 cm³/mol. The predicted octanol–water partition coefficient (Wildman–Crippen LogP) is 2.45. The lowest BCUT2D eigenvalue weighted by Gasteiger charge is -2.10. The van der Waals surface area contributed by atoms with Crippen molar-refractivity contribution >= 4 is 11.7 Å². The van der Waals surface area contributed by atoms with Crippen LogP contribution in [-0.4, -0.2) is 25.2 Å². The van der Waals surface area contributed by atoms with E-state index in [1.165, 1.54) is 0 Å². The van der Waals surface area contributed by atoms with Gasteiger partial charge < -0.3 is 14.8 Å². The molecule has 94 valence electrons. The van der Waals surface area contributed by atoms with Crippen molar-refractivity contribution in [2.24, 2.45) is 0 Å². The summed E-state index contributed by atoms with van der Waals surface area (Å²) in [6.45, 7) is 6.37. The van der Waals surface area contributed by atoms with Gasteiger partial charge in [-0.05, 0) is 32.9 Å². The van der Waals surface area contributed by atoms with Crippen LogP contribution in [0.15, 0.2) is 24.3 Å². The van der Waals surface area contributed by atoms with Crippen molar-refractivity contribution in [2.75, 3.05) is 18.5 Å². The number of carbonyl (C=O) groups is 1. The second-order valence-electron chi connectivity index (χ2n) is 3.85. The van der Waals surface area contributed by atoms with Gasteiger partial charge in [0.2, 0.25) is 0 Å². The summed E-state index contributed by atoms with van der Waals surface area (Å²) < 4.78 is 10.4.